The van der Waals surface area contributed by atoms with E-state index in [4.69, 9.17) is 4.42 Å². The van der Waals surface area contributed by atoms with Gasteiger partial charge in [-0.2, -0.15) is 0 Å². The minimum Gasteiger partial charge on any atom is -0.444 e. The van der Waals surface area contributed by atoms with E-state index < -0.39 is 0 Å². The highest BCUT2D eigenvalue weighted by Crippen LogP contribution is 2.25. The molecule has 0 saturated heterocycles. The average molecular weight is 342 g/mol. The summed E-state index contributed by atoms with van der Waals surface area (Å²) in [6.45, 7) is 14.6. The van der Waals surface area contributed by atoms with Crippen LogP contribution in [0.2, 0.25) is 0 Å². The number of hydrogen-bond acceptors (Lipinski definition) is 3. The molecule has 0 aliphatic carbocycles. The lowest BCUT2D eigenvalue weighted by Crippen LogP contribution is -2.43. The van der Waals surface area contributed by atoms with E-state index in [9.17, 15) is 0 Å². The molecule has 2 rings (SSSR count). The van der Waals surface area contributed by atoms with E-state index in [2.05, 4.69) is 72.6 Å². The number of benzene rings is 1. The van der Waals surface area contributed by atoms with E-state index in [1.807, 2.05) is 13.8 Å². The van der Waals surface area contributed by atoms with Crippen LogP contribution in [-0.2, 0) is 12.0 Å². The predicted octanol–water partition coefficient (Wildman–Crippen LogP) is 3.63. The molecule has 1 aromatic heterocycles. The maximum atomic E-state index is 5.60. The van der Waals surface area contributed by atoms with Gasteiger partial charge in [0, 0.05) is 18.5 Å². The van der Waals surface area contributed by atoms with Crippen LogP contribution in [0.5, 0.6) is 0 Å². The van der Waals surface area contributed by atoms with Gasteiger partial charge in [0.15, 0.2) is 5.96 Å². The molecular formula is C20H30N4O. The molecule has 0 spiro atoms. The van der Waals surface area contributed by atoms with Crippen LogP contribution in [0, 0.1) is 20.8 Å². The first-order valence-electron chi connectivity index (χ1n) is 8.84. The molecule has 2 aromatic rings. The van der Waals surface area contributed by atoms with Gasteiger partial charge in [0.05, 0.1) is 5.69 Å². The van der Waals surface area contributed by atoms with Gasteiger partial charge < -0.3 is 15.1 Å². The van der Waals surface area contributed by atoms with Crippen molar-refractivity contribution in [2.75, 3.05) is 13.1 Å². The van der Waals surface area contributed by atoms with Gasteiger partial charge in [0.25, 0.3) is 0 Å². The molecule has 136 valence electrons. The van der Waals surface area contributed by atoms with Crippen LogP contribution in [-0.4, -0.2) is 24.0 Å². The van der Waals surface area contributed by atoms with Crippen LogP contribution >= 0.6 is 0 Å². The fourth-order valence-corrected chi connectivity index (χ4v) is 2.83. The highest BCUT2D eigenvalue weighted by molar-refractivity contribution is 5.79. The number of aromatic nitrogens is 1. The second-order valence-electron chi connectivity index (χ2n) is 7.00. The van der Waals surface area contributed by atoms with Crippen molar-refractivity contribution in [2.24, 2.45) is 4.99 Å². The van der Waals surface area contributed by atoms with Crippen molar-refractivity contribution in [1.29, 1.82) is 0 Å². The Morgan fingerprint density at radius 2 is 1.88 bits per heavy atom. The van der Waals surface area contributed by atoms with E-state index in [0.29, 0.717) is 12.4 Å². The molecule has 0 aliphatic rings. The van der Waals surface area contributed by atoms with E-state index in [1.165, 1.54) is 11.1 Å². The third-order valence-electron chi connectivity index (χ3n) is 4.36. The SMILES string of the molecule is CCNC(=NCc1nc(C)c(C)o1)NCC(C)(C)c1ccccc1C. The quantitative estimate of drug-likeness (QED) is 0.621. The monoisotopic (exact) mass is 342 g/mol. The molecule has 1 aromatic carbocycles. The molecule has 5 nitrogen and oxygen atoms in total. The van der Waals surface area contributed by atoms with Crippen LogP contribution in [0.25, 0.3) is 0 Å². The Morgan fingerprint density at radius 3 is 2.48 bits per heavy atom. The lowest BCUT2D eigenvalue weighted by Gasteiger charge is -2.28. The molecule has 0 saturated carbocycles. The second-order valence-corrected chi connectivity index (χ2v) is 7.00. The summed E-state index contributed by atoms with van der Waals surface area (Å²) in [6, 6.07) is 8.52. The van der Waals surface area contributed by atoms with Crippen molar-refractivity contribution in [3.05, 3.63) is 52.7 Å². The van der Waals surface area contributed by atoms with Crippen LogP contribution in [0.4, 0.5) is 0 Å². The van der Waals surface area contributed by atoms with E-state index in [0.717, 1.165) is 30.5 Å². The maximum absolute atomic E-state index is 5.60. The summed E-state index contributed by atoms with van der Waals surface area (Å²) in [6.07, 6.45) is 0. The lowest BCUT2D eigenvalue weighted by atomic mass is 9.82. The van der Waals surface area contributed by atoms with E-state index >= 15 is 0 Å². The summed E-state index contributed by atoms with van der Waals surface area (Å²) >= 11 is 0. The summed E-state index contributed by atoms with van der Waals surface area (Å²) in [5, 5.41) is 6.73. The molecule has 0 bridgehead atoms. The zero-order valence-corrected chi connectivity index (χ0v) is 16.2. The zero-order valence-electron chi connectivity index (χ0n) is 16.2. The van der Waals surface area contributed by atoms with Crippen LogP contribution in [0.15, 0.2) is 33.7 Å². The Hall–Kier alpha value is -2.30. The average Bonchev–Trinajstić information content (AvgIpc) is 2.88. The van der Waals surface area contributed by atoms with Crippen molar-refractivity contribution < 1.29 is 4.42 Å². The Bertz CT molecular complexity index is 712. The first-order valence-corrected chi connectivity index (χ1v) is 8.84. The fraction of sp³-hybridized carbons (Fsp3) is 0.500. The summed E-state index contributed by atoms with van der Waals surface area (Å²) in [5.74, 6) is 2.27. The zero-order chi connectivity index (χ0) is 18.4. The Balaban J connectivity index is 2.05. The molecule has 0 fully saturated rings. The van der Waals surface area contributed by atoms with Gasteiger partial charge in [-0.25, -0.2) is 9.98 Å². The maximum Gasteiger partial charge on any atom is 0.216 e. The molecule has 2 N–H and O–H groups in total. The van der Waals surface area contributed by atoms with Crippen LogP contribution in [0.1, 0.15) is 49.2 Å². The van der Waals surface area contributed by atoms with Gasteiger partial charge in [-0.1, -0.05) is 38.1 Å². The van der Waals surface area contributed by atoms with Crippen molar-refractivity contribution in [3.63, 3.8) is 0 Å². The van der Waals surface area contributed by atoms with Crippen LogP contribution in [0.3, 0.4) is 0 Å². The molecular weight excluding hydrogens is 312 g/mol. The highest BCUT2D eigenvalue weighted by Gasteiger charge is 2.22. The number of hydrogen-bond donors (Lipinski definition) is 2. The topological polar surface area (TPSA) is 62.5 Å². The van der Waals surface area contributed by atoms with Gasteiger partial charge in [0.2, 0.25) is 5.89 Å². The number of oxazole rings is 1. The third-order valence-corrected chi connectivity index (χ3v) is 4.36. The molecule has 25 heavy (non-hydrogen) atoms. The van der Waals surface area contributed by atoms with Gasteiger partial charge in [-0.3, -0.25) is 0 Å². The molecule has 0 atom stereocenters. The summed E-state index contributed by atoms with van der Waals surface area (Å²) in [5.41, 5.74) is 3.57. The minimum atomic E-state index is -0.00234. The Kier molecular flexibility index (Phi) is 6.23. The number of nitrogens with zero attached hydrogens (tertiary/aromatic N) is 2. The molecule has 0 aliphatic heterocycles. The molecule has 5 heteroatoms. The van der Waals surface area contributed by atoms with Gasteiger partial charge in [0.1, 0.15) is 12.3 Å². The highest BCUT2D eigenvalue weighted by atomic mass is 16.4. The minimum absolute atomic E-state index is 0.00234. The fourth-order valence-electron chi connectivity index (χ4n) is 2.83. The molecule has 0 amide bonds. The standard InChI is InChI=1S/C20H30N4O/c1-7-21-19(22-12-18-24-15(3)16(4)25-18)23-13-20(5,6)17-11-9-8-10-14(17)2/h8-11H,7,12-13H2,1-6H3,(H2,21,22,23). The number of aryl methyl sites for hydroxylation is 3. The molecule has 0 radical (unpaired) electrons. The van der Waals surface area contributed by atoms with Crippen molar-refractivity contribution in [1.82, 2.24) is 15.6 Å². The van der Waals surface area contributed by atoms with E-state index in [-0.39, 0.29) is 5.41 Å². The van der Waals surface area contributed by atoms with E-state index in [1.54, 1.807) is 0 Å². The number of aliphatic imine (C=N–C) groups is 1. The summed E-state index contributed by atoms with van der Waals surface area (Å²) < 4.78 is 5.60. The van der Waals surface area contributed by atoms with Crippen LogP contribution < -0.4 is 10.6 Å². The second kappa shape index (κ2) is 8.19. The summed E-state index contributed by atoms with van der Waals surface area (Å²) in [7, 11) is 0. The number of guanidine groups is 1. The lowest BCUT2D eigenvalue weighted by molar-refractivity contribution is 0.471. The van der Waals surface area contributed by atoms with Crippen molar-refractivity contribution >= 4 is 5.96 Å². The predicted molar refractivity (Wildman–Crippen MR) is 103 cm³/mol. The molecule has 1 heterocycles. The largest absolute Gasteiger partial charge is 0.444 e. The van der Waals surface area contributed by atoms with Crippen molar-refractivity contribution in [2.45, 2.75) is 53.5 Å². The first kappa shape index (κ1) is 19.0. The smallest absolute Gasteiger partial charge is 0.216 e. The van der Waals surface area contributed by atoms with Gasteiger partial charge >= 0.3 is 0 Å². The van der Waals surface area contributed by atoms with Gasteiger partial charge in [-0.05, 0) is 38.8 Å². The number of rotatable bonds is 6. The first-order chi connectivity index (χ1) is 11.8. The Morgan fingerprint density at radius 1 is 1.16 bits per heavy atom. The number of nitrogens with one attached hydrogen (secondary N) is 2. The van der Waals surface area contributed by atoms with Gasteiger partial charge in [-0.15, -0.1) is 0 Å². The Labute approximate surface area is 151 Å². The third kappa shape index (κ3) is 5.08. The normalized spacial score (nSPS) is 12.3. The van der Waals surface area contributed by atoms with Crippen molar-refractivity contribution in [3.8, 4) is 0 Å². The summed E-state index contributed by atoms with van der Waals surface area (Å²) in [4.78, 5) is 8.98. The molecule has 0 unspecified atom stereocenters.